The lowest BCUT2D eigenvalue weighted by atomic mass is 10.1. The fourth-order valence-corrected chi connectivity index (χ4v) is 2.06. The maximum atomic E-state index is 5.52. The third kappa shape index (κ3) is 3.73. The lowest BCUT2D eigenvalue weighted by Gasteiger charge is -2.26. The van der Waals surface area contributed by atoms with Crippen LogP contribution in [0.5, 0.6) is 6.01 Å². The van der Waals surface area contributed by atoms with E-state index < -0.39 is 0 Å². The van der Waals surface area contributed by atoms with Crippen LogP contribution in [-0.4, -0.2) is 40.7 Å². The predicted molar refractivity (Wildman–Crippen MR) is 79.0 cm³/mol. The summed E-state index contributed by atoms with van der Waals surface area (Å²) in [6.07, 6.45) is 8.56. The van der Waals surface area contributed by atoms with Crippen LogP contribution in [0.25, 0.3) is 0 Å². The highest BCUT2D eigenvalue weighted by Crippen LogP contribution is 2.19. The van der Waals surface area contributed by atoms with E-state index in [0.717, 1.165) is 19.6 Å². The van der Waals surface area contributed by atoms with Crippen molar-refractivity contribution in [3.8, 4) is 18.4 Å². The number of piperidine rings is 1. The Balaban J connectivity index is 2.22. The molecule has 2 heterocycles. The van der Waals surface area contributed by atoms with Crippen molar-refractivity contribution in [3.63, 3.8) is 0 Å². The molecule has 0 radical (unpaired) electrons. The van der Waals surface area contributed by atoms with Gasteiger partial charge in [0.2, 0.25) is 11.9 Å². The molecule has 1 aliphatic rings. The fraction of sp³-hybridized carbons (Fsp3) is 0.643. The molecule has 1 aliphatic heterocycles. The zero-order chi connectivity index (χ0) is 14.4. The summed E-state index contributed by atoms with van der Waals surface area (Å²) in [5.41, 5.74) is 0. The molecule has 1 aromatic rings. The Morgan fingerprint density at radius 1 is 1.30 bits per heavy atom. The molecule has 0 spiro atoms. The molecule has 108 valence electrons. The number of ether oxygens (including phenoxy) is 1. The van der Waals surface area contributed by atoms with Crippen LogP contribution in [-0.2, 0) is 0 Å². The van der Waals surface area contributed by atoms with Gasteiger partial charge in [0.1, 0.15) is 0 Å². The minimum absolute atomic E-state index is 0.280. The number of terminal acetylenes is 1. The molecule has 6 heteroatoms. The molecule has 0 aliphatic carbocycles. The van der Waals surface area contributed by atoms with Crippen molar-refractivity contribution >= 4 is 11.9 Å². The first-order valence-corrected chi connectivity index (χ1v) is 7.10. The molecule has 0 aromatic carbocycles. The Morgan fingerprint density at radius 3 is 2.70 bits per heavy atom. The van der Waals surface area contributed by atoms with Crippen molar-refractivity contribution < 1.29 is 4.74 Å². The molecule has 0 saturated carbocycles. The van der Waals surface area contributed by atoms with Crippen molar-refractivity contribution in [2.75, 3.05) is 29.9 Å². The topological polar surface area (TPSA) is 63.2 Å². The van der Waals surface area contributed by atoms with Crippen LogP contribution in [0.1, 0.15) is 33.1 Å². The number of anilines is 2. The fourth-order valence-electron chi connectivity index (χ4n) is 2.06. The third-order valence-electron chi connectivity index (χ3n) is 3.09. The van der Waals surface area contributed by atoms with Crippen molar-refractivity contribution in [2.24, 2.45) is 0 Å². The minimum Gasteiger partial charge on any atom is -0.447 e. The van der Waals surface area contributed by atoms with Gasteiger partial charge in [0.15, 0.2) is 6.10 Å². The van der Waals surface area contributed by atoms with Crippen LogP contribution in [0.15, 0.2) is 0 Å². The summed E-state index contributed by atoms with van der Waals surface area (Å²) in [4.78, 5) is 15.2. The number of rotatable bonds is 5. The Bertz CT molecular complexity index is 479. The van der Waals surface area contributed by atoms with E-state index >= 15 is 0 Å². The highest BCUT2D eigenvalue weighted by Gasteiger charge is 2.17. The van der Waals surface area contributed by atoms with E-state index in [4.69, 9.17) is 11.2 Å². The summed E-state index contributed by atoms with van der Waals surface area (Å²) < 4.78 is 5.52. The van der Waals surface area contributed by atoms with Gasteiger partial charge in [0.05, 0.1) is 0 Å². The molecule has 1 atom stereocenters. The van der Waals surface area contributed by atoms with E-state index in [0.29, 0.717) is 11.9 Å². The summed E-state index contributed by atoms with van der Waals surface area (Å²) >= 11 is 0. The minimum atomic E-state index is -0.360. The molecule has 0 amide bonds. The summed E-state index contributed by atoms with van der Waals surface area (Å²) in [5, 5.41) is 3.10. The molecule has 20 heavy (non-hydrogen) atoms. The number of nitrogens with one attached hydrogen (secondary N) is 1. The molecule has 1 N–H and O–H groups in total. The normalized spacial score (nSPS) is 16.4. The van der Waals surface area contributed by atoms with Crippen molar-refractivity contribution in [3.05, 3.63) is 0 Å². The van der Waals surface area contributed by atoms with Crippen molar-refractivity contribution in [1.82, 2.24) is 15.0 Å². The molecule has 0 bridgehead atoms. The third-order valence-corrected chi connectivity index (χ3v) is 3.09. The second-order valence-electron chi connectivity index (χ2n) is 4.75. The second kappa shape index (κ2) is 6.94. The van der Waals surface area contributed by atoms with E-state index in [-0.39, 0.29) is 12.1 Å². The first-order valence-electron chi connectivity index (χ1n) is 7.10. The van der Waals surface area contributed by atoms with Crippen molar-refractivity contribution in [2.45, 2.75) is 39.2 Å². The molecule has 6 nitrogen and oxygen atoms in total. The van der Waals surface area contributed by atoms with Crippen LogP contribution in [0, 0.1) is 12.3 Å². The van der Waals surface area contributed by atoms with Gasteiger partial charge in [0, 0.05) is 19.6 Å². The first-order chi connectivity index (χ1) is 9.72. The van der Waals surface area contributed by atoms with Crippen LogP contribution < -0.4 is 15.0 Å². The van der Waals surface area contributed by atoms with Gasteiger partial charge in [-0.15, -0.1) is 6.42 Å². The van der Waals surface area contributed by atoms with Crippen LogP contribution in [0.2, 0.25) is 0 Å². The van der Waals surface area contributed by atoms with Gasteiger partial charge in [-0.2, -0.15) is 15.0 Å². The van der Waals surface area contributed by atoms with Crippen LogP contribution in [0.3, 0.4) is 0 Å². The molecule has 1 aromatic heterocycles. The predicted octanol–water partition coefficient (Wildman–Crippen LogP) is 1.69. The second-order valence-corrected chi connectivity index (χ2v) is 4.75. The van der Waals surface area contributed by atoms with Gasteiger partial charge in [-0.25, -0.2) is 0 Å². The molecular formula is C14H21N5O. The summed E-state index contributed by atoms with van der Waals surface area (Å²) in [6, 6.07) is 0.280. The zero-order valence-electron chi connectivity index (χ0n) is 12.1. The Labute approximate surface area is 120 Å². The quantitative estimate of drug-likeness (QED) is 0.825. The Morgan fingerprint density at radius 2 is 2.05 bits per heavy atom. The molecule has 1 fully saturated rings. The number of hydrogen-bond donors (Lipinski definition) is 1. The first kappa shape index (κ1) is 14.4. The summed E-state index contributed by atoms with van der Waals surface area (Å²) in [5.74, 6) is 3.70. The Kier molecular flexibility index (Phi) is 4.99. The van der Waals surface area contributed by atoms with Crippen LogP contribution in [0.4, 0.5) is 11.9 Å². The highest BCUT2D eigenvalue weighted by atomic mass is 16.5. The molecule has 1 unspecified atom stereocenters. The van der Waals surface area contributed by atoms with Gasteiger partial charge < -0.3 is 15.0 Å². The van der Waals surface area contributed by atoms with E-state index in [1.807, 2.05) is 6.92 Å². The van der Waals surface area contributed by atoms with Gasteiger partial charge >= 0.3 is 6.01 Å². The van der Waals surface area contributed by atoms with E-state index in [9.17, 15) is 0 Å². The van der Waals surface area contributed by atoms with Gasteiger partial charge in [-0.3, -0.25) is 0 Å². The molecule has 2 rings (SSSR count). The highest BCUT2D eigenvalue weighted by molar-refractivity contribution is 5.38. The summed E-state index contributed by atoms with van der Waals surface area (Å²) in [6.45, 7) is 6.47. The average Bonchev–Trinajstić information content (AvgIpc) is 2.48. The number of hydrogen-bond acceptors (Lipinski definition) is 6. The van der Waals surface area contributed by atoms with E-state index in [2.05, 4.69) is 31.1 Å². The number of aromatic nitrogens is 3. The largest absolute Gasteiger partial charge is 0.447 e. The van der Waals surface area contributed by atoms with E-state index in [1.54, 1.807) is 6.92 Å². The smallest absolute Gasteiger partial charge is 0.324 e. The number of nitrogens with zero attached hydrogens (tertiary/aromatic N) is 4. The standard InChI is InChI=1S/C14H21N5O/c1-4-11(3)20-14-17-12(15-5-2)16-13(18-14)19-9-7-6-8-10-19/h1,11H,5-10H2,2-3H3,(H,15,16,17,18). The van der Waals surface area contributed by atoms with E-state index in [1.165, 1.54) is 19.3 Å². The van der Waals surface area contributed by atoms with Crippen molar-refractivity contribution in [1.29, 1.82) is 0 Å². The maximum Gasteiger partial charge on any atom is 0.324 e. The SMILES string of the molecule is C#CC(C)Oc1nc(NCC)nc(N2CCCCC2)n1. The lowest BCUT2D eigenvalue weighted by Crippen LogP contribution is -2.31. The Hall–Kier alpha value is -2.03. The summed E-state index contributed by atoms with van der Waals surface area (Å²) in [7, 11) is 0. The lowest BCUT2D eigenvalue weighted by molar-refractivity contribution is 0.255. The average molecular weight is 275 g/mol. The molecule has 1 saturated heterocycles. The maximum absolute atomic E-state index is 5.52. The van der Waals surface area contributed by atoms with Crippen LogP contribution >= 0.6 is 0 Å². The monoisotopic (exact) mass is 275 g/mol. The van der Waals surface area contributed by atoms with Gasteiger partial charge in [0.25, 0.3) is 0 Å². The molecular weight excluding hydrogens is 254 g/mol. The van der Waals surface area contributed by atoms with Gasteiger partial charge in [-0.05, 0) is 33.1 Å². The van der Waals surface area contributed by atoms with Gasteiger partial charge in [-0.1, -0.05) is 5.92 Å². The zero-order valence-corrected chi connectivity index (χ0v) is 12.1.